The monoisotopic (exact) mass is 257 g/mol. The SMILES string of the molecule is CC(C)NCCS(=O)(=O)N(C)c1ccccn1. The van der Waals surface area contributed by atoms with E-state index >= 15 is 0 Å². The molecular formula is C11H19N3O2S. The van der Waals surface area contributed by atoms with Crippen LogP contribution < -0.4 is 9.62 Å². The van der Waals surface area contributed by atoms with Crippen molar-refractivity contribution in [3.05, 3.63) is 24.4 Å². The zero-order valence-electron chi connectivity index (χ0n) is 10.4. The molecule has 1 rings (SSSR count). The molecule has 0 aliphatic carbocycles. The average Bonchev–Trinajstić information content (AvgIpc) is 2.28. The molecule has 0 bridgehead atoms. The Balaban J connectivity index is 2.65. The highest BCUT2D eigenvalue weighted by Crippen LogP contribution is 2.11. The van der Waals surface area contributed by atoms with Crippen LogP contribution in [0.3, 0.4) is 0 Å². The van der Waals surface area contributed by atoms with Crippen molar-refractivity contribution >= 4 is 15.8 Å². The van der Waals surface area contributed by atoms with Gasteiger partial charge in [0.2, 0.25) is 10.0 Å². The maximum Gasteiger partial charge on any atom is 0.237 e. The number of nitrogens with one attached hydrogen (secondary N) is 1. The summed E-state index contributed by atoms with van der Waals surface area (Å²) in [4.78, 5) is 4.01. The van der Waals surface area contributed by atoms with Gasteiger partial charge in [-0.25, -0.2) is 13.4 Å². The topological polar surface area (TPSA) is 62.3 Å². The van der Waals surface area contributed by atoms with E-state index in [1.54, 1.807) is 24.4 Å². The summed E-state index contributed by atoms with van der Waals surface area (Å²) in [7, 11) is -1.78. The molecule has 1 aromatic rings. The molecule has 1 N–H and O–H groups in total. The van der Waals surface area contributed by atoms with Crippen LogP contribution in [-0.2, 0) is 10.0 Å². The average molecular weight is 257 g/mol. The lowest BCUT2D eigenvalue weighted by Crippen LogP contribution is -2.36. The van der Waals surface area contributed by atoms with Crippen molar-refractivity contribution in [1.29, 1.82) is 0 Å². The lowest BCUT2D eigenvalue weighted by molar-refractivity contribution is 0.576. The molecule has 0 radical (unpaired) electrons. The van der Waals surface area contributed by atoms with Crippen molar-refractivity contribution in [3.63, 3.8) is 0 Å². The second-order valence-corrected chi connectivity index (χ2v) is 6.20. The molecular weight excluding hydrogens is 238 g/mol. The number of rotatable bonds is 6. The van der Waals surface area contributed by atoms with Crippen molar-refractivity contribution in [3.8, 4) is 0 Å². The van der Waals surface area contributed by atoms with Crippen LogP contribution in [0, 0.1) is 0 Å². The zero-order valence-corrected chi connectivity index (χ0v) is 11.2. The van der Waals surface area contributed by atoms with Gasteiger partial charge in [-0.2, -0.15) is 0 Å². The highest BCUT2D eigenvalue weighted by Gasteiger charge is 2.18. The van der Waals surface area contributed by atoms with Crippen LogP contribution in [0.25, 0.3) is 0 Å². The minimum absolute atomic E-state index is 0.0677. The van der Waals surface area contributed by atoms with Gasteiger partial charge in [-0.05, 0) is 12.1 Å². The molecule has 6 heteroatoms. The predicted molar refractivity (Wildman–Crippen MR) is 69.6 cm³/mol. The number of hydrogen-bond donors (Lipinski definition) is 1. The van der Waals surface area contributed by atoms with Crippen LogP contribution in [-0.4, -0.2) is 38.8 Å². The Labute approximate surface area is 103 Å². The van der Waals surface area contributed by atoms with E-state index in [0.717, 1.165) is 0 Å². The van der Waals surface area contributed by atoms with Crippen molar-refractivity contribution in [1.82, 2.24) is 10.3 Å². The van der Waals surface area contributed by atoms with Gasteiger partial charge in [0.25, 0.3) is 0 Å². The number of aromatic nitrogens is 1. The first kappa shape index (κ1) is 13.9. The Morgan fingerprint density at radius 3 is 2.65 bits per heavy atom. The second kappa shape index (κ2) is 5.97. The quantitative estimate of drug-likeness (QED) is 0.820. The molecule has 17 heavy (non-hydrogen) atoms. The van der Waals surface area contributed by atoms with Crippen molar-refractivity contribution < 1.29 is 8.42 Å². The van der Waals surface area contributed by atoms with E-state index in [1.165, 1.54) is 11.4 Å². The van der Waals surface area contributed by atoms with Gasteiger partial charge in [0.1, 0.15) is 5.82 Å². The minimum Gasteiger partial charge on any atom is -0.313 e. The number of anilines is 1. The highest BCUT2D eigenvalue weighted by molar-refractivity contribution is 7.92. The van der Waals surface area contributed by atoms with E-state index in [9.17, 15) is 8.42 Å². The first-order valence-corrected chi connectivity index (χ1v) is 7.15. The van der Waals surface area contributed by atoms with E-state index < -0.39 is 10.0 Å². The third-order valence-corrected chi connectivity index (χ3v) is 4.04. The number of hydrogen-bond acceptors (Lipinski definition) is 4. The Morgan fingerprint density at radius 2 is 2.12 bits per heavy atom. The number of sulfonamides is 1. The van der Waals surface area contributed by atoms with Crippen molar-refractivity contribution in [2.24, 2.45) is 0 Å². The summed E-state index contributed by atoms with van der Waals surface area (Å²) in [5.41, 5.74) is 0. The van der Waals surface area contributed by atoms with Crippen LogP contribution in [0.5, 0.6) is 0 Å². The third-order valence-electron chi connectivity index (χ3n) is 2.30. The standard InChI is InChI=1S/C11H19N3O2S/c1-10(2)12-8-9-17(15,16)14(3)11-6-4-5-7-13-11/h4-7,10,12H,8-9H2,1-3H3. The third kappa shape index (κ3) is 4.32. The minimum atomic E-state index is -3.30. The summed E-state index contributed by atoms with van der Waals surface area (Å²) in [6.45, 7) is 4.40. The molecule has 0 aromatic carbocycles. The molecule has 0 unspecified atom stereocenters. The summed E-state index contributed by atoms with van der Waals surface area (Å²) in [5, 5.41) is 3.08. The summed E-state index contributed by atoms with van der Waals surface area (Å²) in [5.74, 6) is 0.509. The van der Waals surface area contributed by atoms with Gasteiger partial charge >= 0.3 is 0 Å². The zero-order chi connectivity index (χ0) is 12.9. The molecule has 5 nitrogen and oxygen atoms in total. The van der Waals surface area contributed by atoms with Gasteiger partial charge in [-0.15, -0.1) is 0 Å². The Kier molecular flexibility index (Phi) is 4.89. The van der Waals surface area contributed by atoms with E-state index in [2.05, 4.69) is 10.3 Å². The first-order valence-electron chi connectivity index (χ1n) is 5.54. The van der Waals surface area contributed by atoms with E-state index in [0.29, 0.717) is 12.4 Å². The molecule has 0 spiro atoms. The van der Waals surface area contributed by atoms with Gasteiger partial charge in [0.15, 0.2) is 0 Å². The highest BCUT2D eigenvalue weighted by atomic mass is 32.2. The lowest BCUT2D eigenvalue weighted by atomic mass is 10.4. The maximum atomic E-state index is 12.0. The molecule has 1 heterocycles. The van der Waals surface area contributed by atoms with Crippen LogP contribution in [0.2, 0.25) is 0 Å². The molecule has 0 aliphatic heterocycles. The number of pyridine rings is 1. The molecule has 0 atom stereocenters. The van der Waals surface area contributed by atoms with Crippen LogP contribution in [0.1, 0.15) is 13.8 Å². The molecule has 0 saturated heterocycles. The fraction of sp³-hybridized carbons (Fsp3) is 0.545. The second-order valence-electron chi connectivity index (χ2n) is 4.08. The largest absolute Gasteiger partial charge is 0.313 e. The van der Waals surface area contributed by atoms with E-state index in [-0.39, 0.29) is 11.8 Å². The predicted octanol–water partition coefficient (Wildman–Crippen LogP) is 0.846. The van der Waals surface area contributed by atoms with Gasteiger partial charge < -0.3 is 5.32 Å². The van der Waals surface area contributed by atoms with Crippen LogP contribution >= 0.6 is 0 Å². The van der Waals surface area contributed by atoms with Gasteiger partial charge in [-0.3, -0.25) is 4.31 Å². The summed E-state index contributed by atoms with van der Waals surface area (Å²) in [6, 6.07) is 5.48. The van der Waals surface area contributed by atoms with Crippen molar-refractivity contribution in [2.75, 3.05) is 23.7 Å². The maximum absolute atomic E-state index is 12.0. The van der Waals surface area contributed by atoms with Gasteiger partial charge in [-0.1, -0.05) is 19.9 Å². The van der Waals surface area contributed by atoms with Crippen LogP contribution in [0.4, 0.5) is 5.82 Å². The Bertz CT molecular complexity index is 431. The smallest absolute Gasteiger partial charge is 0.237 e. The fourth-order valence-electron chi connectivity index (χ4n) is 1.30. The first-order chi connectivity index (χ1) is 7.93. The molecule has 0 fully saturated rings. The van der Waals surface area contributed by atoms with E-state index in [1.807, 2.05) is 13.8 Å². The molecule has 96 valence electrons. The lowest BCUT2D eigenvalue weighted by Gasteiger charge is -2.18. The van der Waals surface area contributed by atoms with Gasteiger partial charge in [0.05, 0.1) is 5.75 Å². The van der Waals surface area contributed by atoms with Gasteiger partial charge in [0, 0.05) is 25.8 Å². The Hall–Kier alpha value is -1.14. The fourth-order valence-corrected chi connectivity index (χ4v) is 2.34. The summed E-state index contributed by atoms with van der Waals surface area (Å²) >= 11 is 0. The summed E-state index contributed by atoms with van der Waals surface area (Å²) < 4.78 is 25.1. The Morgan fingerprint density at radius 1 is 1.41 bits per heavy atom. The normalized spacial score (nSPS) is 11.8. The number of nitrogens with zero attached hydrogens (tertiary/aromatic N) is 2. The van der Waals surface area contributed by atoms with Crippen LogP contribution in [0.15, 0.2) is 24.4 Å². The van der Waals surface area contributed by atoms with Crippen molar-refractivity contribution in [2.45, 2.75) is 19.9 Å². The summed E-state index contributed by atoms with van der Waals surface area (Å²) in [6.07, 6.45) is 1.58. The molecule has 1 aromatic heterocycles. The van der Waals surface area contributed by atoms with E-state index in [4.69, 9.17) is 0 Å². The molecule has 0 saturated carbocycles. The molecule has 0 amide bonds. The molecule has 0 aliphatic rings.